The summed E-state index contributed by atoms with van der Waals surface area (Å²) in [7, 11) is 0. The normalized spacial score (nSPS) is 10.5. The van der Waals surface area contributed by atoms with Crippen LogP contribution in [-0.2, 0) is 13.0 Å². The van der Waals surface area contributed by atoms with Gasteiger partial charge in [0.05, 0.1) is 10.7 Å². The van der Waals surface area contributed by atoms with Crippen molar-refractivity contribution in [3.8, 4) is 5.75 Å². The lowest BCUT2D eigenvalue weighted by Gasteiger charge is -2.06. The first kappa shape index (κ1) is 12.3. The summed E-state index contributed by atoms with van der Waals surface area (Å²) in [6.07, 6.45) is 1.07. The minimum absolute atomic E-state index is 0.530. The van der Waals surface area contributed by atoms with Crippen molar-refractivity contribution in [3.05, 3.63) is 45.1 Å². The molecule has 0 radical (unpaired) electrons. The lowest BCUT2D eigenvalue weighted by Crippen LogP contribution is -1.93. The summed E-state index contributed by atoms with van der Waals surface area (Å²) in [5.41, 5.74) is 6.20. The summed E-state index contributed by atoms with van der Waals surface area (Å²) in [6, 6.07) is 9.56. The molecule has 0 saturated carbocycles. The zero-order chi connectivity index (χ0) is 12.3. The highest BCUT2D eigenvalue weighted by molar-refractivity contribution is 7.11. The van der Waals surface area contributed by atoms with Crippen molar-refractivity contribution in [2.24, 2.45) is 0 Å². The van der Waals surface area contributed by atoms with Crippen LogP contribution in [0.25, 0.3) is 0 Å². The van der Waals surface area contributed by atoms with Crippen molar-refractivity contribution >= 4 is 28.6 Å². The smallest absolute Gasteiger partial charge is 0.122 e. The number of aryl methyl sites for hydroxylation is 1. The van der Waals surface area contributed by atoms with Gasteiger partial charge in [-0.1, -0.05) is 18.5 Å². The first-order chi connectivity index (χ1) is 8.19. The Kier molecular flexibility index (Phi) is 3.92. The van der Waals surface area contributed by atoms with E-state index in [9.17, 15) is 0 Å². The second-order valence-electron chi connectivity index (χ2n) is 3.69. The molecular formula is C13H14ClNOS. The lowest BCUT2D eigenvalue weighted by molar-refractivity contribution is 0.310. The number of thiophene rings is 1. The number of hydrogen-bond donors (Lipinski definition) is 1. The van der Waals surface area contributed by atoms with Crippen LogP contribution in [0.4, 0.5) is 5.69 Å². The molecule has 0 unspecified atom stereocenters. The largest absolute Gasteiger partial charge is 0.488 e. The summed E-state index contributed by atoms with van der Waals surface area (Å²) in [6.45, 7) is 2.72. The van der Waals surface area contributed by atoms with Crippen molar-refractivity contribution in [1.29, 1.82) is 0 Å². The highest BCUT2D eigenvalue weighted by Gasteiger charge is 2.02. The van der Waals surface area contributed by atoms with Crippen molar-refractivity contribution in [2.45, 2.75) is 20.0 Å². The minimum Gasteiger partial charge on any atom is -0.488 e. The van der Waals surface area contributed by atoms with E-state index in [2.05, 4.69) is 19.1 Å². The summed E-state index contributed by atoms with van der Waals surface area (Å²) in [5, 5.41) is 0.530. The summed E-state index contributed by atoms with van der Waals surface area (Å²) < 4.78 is 5.66. The molecule has 0 atom stereocenters. The molecule has 0 bridgehead atoms. The summed E-state index contributed by atoms with van der Waals surface area (Å²) >= 11 is 7.70. The van der Waals surface area contributed by atoms with Crippen LogP contribution in [0.5, 0.6) is 5.75 Å². The van der Waals surface area contributed by atoms with Gasteiger partial charge in [0.15, 0.2) is 0 Å². The van der Waals surface area contributed by atoms with Gasteiger partial charge in [0, 0.05) is 15.8 Å². The fourth-order valence-electron chi connectivity index (χ4n) is 1.44. The Labute approximate surface area is 110 Å². The SMILES string of the molecule is CCc1ccc(COc2ccc(N)c(Cl)c2)s1. The molecule has 0 aliphatic rings. The van der Waals surface area contributed by atoms with Crippen LogP contribution in [0.3, 0.4) is 0 Å². The number of rotatable bonds is 4. The maximum Gasteiger partial charge on any atom is 0.122 e. The van der Waals surface area contributed by atoms with Crippen LogP contribution in [0.1, 0.15) is 16.7 Å². The second kappa shape index (κ2) is 5.43. The standard InChI is InChI=1S/C13H14ClNOS/c1-2-10-4-5-11(17-10)8-16-9-3-6-13(15)12(14)7-9/h3-7H,2,8,15H2,1H3. The molecule has 90 valence electrons. The fraction of sp³-hybridized carbons (Fsp3) is 0.231. The molecule has 2 rings (SSSR count). The van der Waals surface area contributed by atoms with Gasteiger partial charge >= 0.3 is 0 Å². The zero-order valence-corrected chi connectivity index (χ0v) is 11.1. The molecule has 0 aliphatic heterocycles. The number of benzene rings is 1. The molecule has 1 heterocycles. The van der Waals surface area contributed by atoms with Crippen LogP contribution < -0.4 is 10.5 Å². The van der Waals surface area contributed by atoms with Crippen LogP contribution in [0.2, 0.25) is 5.02 Å². The van der Waals surface area contributed by atoms with Gasteiger partial charge in [-0.05, 0) is 30.7 Å². The third-order valence-corrected chi connectivity index (χ3v) is 3.95. The van der Waals surface area contributed by atoms with E-state index >= 15 is 0 Å². The minimum atomic E-state index is 0.530. The lowest BCUT2D eigenvalue weighted by atomic mass is 10.3. The van der Waals surface area contributed by atoms with E-state index in [1.165, 1.54) is 9.75 Å². The average molecular weight is 268 g/mol. The Morgan fingerprint density at radius 2 is 2.00 bits per heavy atom. The summed E-state index contributed by atoms with van der Waals surface area (Å²) in [5.74, 6) is 0.746. The van der Waals surface area contributed by atoms with E-state index in [0.29, 0.717) is 17.3 Å². The molecular weight excluding hydrogens is 254 g/mol. The highest BCUT2D eigenvalue weighted by Crippen LogP contribution is 2.25. The zero-order valence-electron chi connectivity index (χ0n) is 9.57. The number of ether oxygens (including phenoxy) is 1. The molecule has 4 heteroatoms. The van der Waals surface area contributed by atoms with E-state index in [1.54, 1.807) is 23.5 Å². The highest BCUT2D eigenvalue weighted by atomic mass is 35.5. The van der Waals surface area contributed by atoms with Gasteiger partial charge in [-0.2, -0.15) is 0 Å². The van der Waals surface area contributed by atoms with Gasteiger partial charge in [-0.25, -0.2) is 0 Å². The predicted molar refractivity (Wildman–Crippen MR) is 73.9 cm³/mol. The van der Waals surface area contributed by atoms with Gasteiger partial charge in [0.2, 0.25) is 0 Å². The molecule has 0 spiro atoms. The van der Waals surface area contributed by atoms with Gasteiger partial charge in [0.25, 0.3) is 0 Å². The van der Waals surface area contributed by atoms with Gasteiger partial charge in [-0.15, -0.1) is 11.3 Å². The molecule has 0 amide bonds. The van der Waals surface area contributed by atoms with Crippen LogP contribution >= 0.6 is 22.9 Å². The third-order valence-electron chi connectivity index (χ3n) is 2.42. The van der Waals surface area contributed by atoms with Crippen LogP contribution in [-0.4, -0.2) is 0 Å². The van der Waals surface area contributed by atoms with E-state index in [4.69, 9.17) is 22.1 Å². The number of hydrogen-bond acceptors (Lipinski definition) is 3. The van der Waals surface area contributed by atoms with Crippen LogP contribution in [0.15, 0.2) is 30.3 Å². The predicted octanol–water partition coefficient (Wildman–Crippen LogP) is 4.13. The van der Waals surface area contributed by atoms with Crippen molar-refractivity contribution < 1.29 is 4.74 Å². The quantitative estimate of drug-likeness (QED) is 0.846. The molecule has 1 aromatic carbocycles. The van der Waals surface area contributed by atoms with E-state index in [0.717, 1.165) is 12.2 Å². The third kappa shape index (κ3) is 3.14. The van der Waals surface area contributed by atoms with Crippen LogP contribution in [0, 0.1) is 0 Å². The number of nitrogens with two attached hydrogens (primary N) is 1. The van der Waals surface area contributed by atoms with Gasteiger partial charge in [0.1, 0.15) is 12.4 Å². The first-order valence-electron chi connectivity index (χ1n) is 5.44. The Bertz CT molecular complexity index is 510. The molecule has 0 saturated heterocycles. The average Bonchev–Trinajstić information content (AvgIpc) is 2.79. The molecule has 2 N–H and O–H groups in total. The fourth-order valence-corrected chi connectivity index (χ4v) is 2.48. The molecule has 1 aromatic heterocycles. The van der Waals surface area contributed by atoms with E-state index < -0.39 is 0 Å². The molecule has 2 nitrogen and oxygen atoms in total. The topological polar surface area (TPSA) is 35.2 Å². The number of anilines is 1. The number of halogens is 1. The Morgan fingerprint density at radius 1 is 1.24 bits per heavy atom. The maximum absolute atomic E-state index is 5.92. The molecule has 0 aliphatic carbocycles. The van der Waals surface area contributed by atoms with E-state index in [1.807, 2.05) is 6.07 Å². The second-order valence-corrected chi connectivity index (χ2v) is 5.35. The Balaban J connectivity index is 1.99. The number of nitrogen functional groups attached to an aromatic ring is 1. The van der Waals surface area contributed by atoms with Crippen molar-refractivity contribution in [3.63, 3.8) is 0 Å². The van der Waals surface area contributed by atoms with Gasteiger partial charge in [-0.3, -0.25) is 0 Å². The van der Waals surface area contributed by atoms with E-state index in [-0.39, 0.29) is 0 Å². The first-order valence-corrected chi connectivity index (χ1v) is 6.64. The Morgan fingerprint density at radius 3 is 2.65 bits per heavy atom. The van der Waals surface area contributed by atoms with Gasteiger partial charge < -0.3 is 10.5 Å². The monoisotopic (exact) mass is 267 g/mol. The van der Waals surface area contributed by atoms with Crippen molar-refractivity contribution in [1.82, 2.24) is 0 Å². The maximum atomic E-state index is 5.92. The summed E-state index contributed by atoms with van der Waals surface area (Å²) in [4.78, 5) is 2.59. The molecule has 17 heavy (non-hydrogen) atoms. The molecule has 0 fully saturated rings. The van der Waals surface area contributed by atoms with Crippen molar-refractivity contribution in [2.75, 3.05) is 5.73 Å². The molecule has 2 aromatic rings. The Hall–Kier alpha value is -1.19.